The van der Waals surface area contributed by atoms with Crippen LogP contribution in [0.2, 0.25) is 0 Å². The van der Waals surface area contributed by atoms with Crippen LogP contribution in [0.25, 0.3) is 16.6 Å². The molecule has 204 valence electrons. The average Bonchev–Trinajstić information content (AvgIpc) is 3.70. The number of ether oxygens (including phenoxy) is 1. The number of carbonyl (C=O) groups is 2. The van der Waals surface area contributed by atoms with Crippen molar-refractivity contribution in [3.63, 3.8) is 0 Å². The van der Waals surface area contributed by atoms with Crippen LogP contribution in [-0.4, -0.2) is 50.9 Å². The number of hydrogen-bond donors (Lipinski definition) is 0. The molecule has 11 heteroatoms. The number of nitrogens with zero attached hydrogens (tertiary/aromatic N) is 5. The first-order chi connectivity index (χ1) is 19.9. The maximum Gasteiger partial charge on any atom is 0.271 e. The summed E-state index contributed by atoms with van der Waals surface area (Å²) >= 11 is 0. The molecule has 0 saturated carbocycles. The number of methoxy groups -OCH3 is 1. The Morgan fingerprint density at radius 2 is 1.78 bits per heavy atom. The van der Waals surface area contributed by atoms with E-state index in [1.807, 2.05) is 30.3 Å². The second kappa shape index (κ2) is 8.07. The number of fused-ring (bicyclic) bond motifs is 11. The number of anilines is 1. The molecular formula is C30H23N5O6. The first kappa shape index (κ1) is 23.9. The Bertz CT molecular complexity index is 1920. The van der Waals surface area contributed by atoms with Gasteiger partial charge < -0.3 is 4.74 Å². The molecule has 2 amide bonds. The van der Waals surface area contributed by atoms with Crippen LogP contribution in [0.15, 0.2) is 71.5 Å². The highest BCUT2D eigenvalue weighted by Gasteiger charge is 2.74. The molecule has 4 aromatic rings. The number of non-ortho nitro benzene ring substituents is 1. The Kier molecular flexibility index (Phi) is 4.71. The summed E-state index contributed by atoms with van der Waals surface area (Å²) in [5.41, 5.74) is 0.304. The molecule has 0 N–H and O–H groups in total. The predicted molar refractivity (Wildman–Crippen MR) is 147 cm³/mol. The number of nitro benzene ring substituents is 1. The summed E-state index contributed by atoms with van der Waals surface area (Å²) in [5.74, 6) is -1.92. The number of amides is 2. The molecule has 11 nitrogen and oxygen atoms in total. The zero-order chi connectivity index (χ0) is 28.2. The standard InChI is InChI=1S/C30H23N5O6/c1-41-23-13-12-16(35(39)40)15-22(23)33-27(37)24-21-11-6-14-32(21)30(25(24)28(33)38)18-8-3-5-10-20(18)34-26(36)17-7-2-4-9-19(17)31-29(30)34/h2-5,7-10,12-13,15,21,24-25H,6,11,14H2,1H3/t21-,24+,25-,30+/m0/s1. The molecule has 0 unspecified atom stereocenters. The molecule has 8 rings (SSSR count). The van der Waals surface area contributed by atoms with Crippen molar-refractivity contribution < 1.29 is 19.2 Å². The van der Waals surface area contributed by atoms with Crippen molar-refractivity contribution in [2.75, 3.05) is 18.6 Å². The topological polar surface area (TPSA) is 128 Å². The van der Waals surface area contributed by atoms with E-state index in [-0.39, 0.29) is 28.7 Å². The maximum atomic E-state index is 14.6. The van der Waals surface area contributed by atoms with Crippen LogP contribution in [0.5, 0.6) is 5.75 Å². The molecule has 3 fully saturated rings. The van der Waals surface area contributed by atoms with Gasteiger partial charge in [-0.05, 0) is 43.7 Å². The van der Waals surface area contributed by atoms with Crippen molar-refractivity contribution in [2.45, 2.75) is 24.4 Å². The van der Waals surface area contributed by atoms with Crippen molar-refractivity contribution in [1.29, 1.82) is 0 Å². The Morgan fingerprint density at radius 3 is 2.59 bits per heavy atom. The second-order valence-corrected chi connectivity index (χ2v) is 10.9. The van der Waals surface area contributed by atoms with E-state index in [0.717, 1.165) is 16.9 Å². The molecule has 4 aliphatic rings. The maximum absolute atomic E-state index is 14.6. The van der Waals surface area contributed by atoms with E-state index in [2.05, 4.69) is 4.90 Å². The average molecular weight is 550 g/mol. The smallest absolute Gasteiger partial charge is 0.271 e. The number of imide groups is 1. The molecule has 0 radical (unpaired) electrons. The molecule has 0 aliphatic carbocycles. The van der Waals surface area contributed by atoms with Gasteiger partial charge in [0.05, 0.1) is 40.5 Å². The van der Waals surface area contributed by atoms with E-state index >= 15 is 0 Å². The minimum atomic E-state index is -1.17. The molecule has 3 saturated heterocycles. The van der Waals surface area contributed by atoms with Crippen molar-refractivity contribution in [2.24, 2.45) is 11.8 Å². The molecule has 1 aromatic heterocycles. The first-order valence-corrected chi connectivity index (χ1v) is 13.5. The van der Waals surface area contributed by atoms with Crippen molar-refractivity contribution in [3.8, 4) is 11.4 Å². The minimum Gasteiger partial charge on any atom is -0.495 e. The van der Waals surface area contributed by atoms with Gasteiger partial charge in [-0.1, -0.05) is 30.3 Å². The lowest BCUT2D eigenvalue weighted by atomic mass is 9.75. The predicted octanol–water partition coefficient (Wildman–Crippen LogP) is 3.14. The molecule has 1 spiro atoms. The van der Waals surface area contributed by atoms with E-state index in [4.69, 9.17) is 9.72 Å². The summed E-state index contributed by atoms with van der Waals surface area (Å²) in [4.78, 5) is 62.3. The van der Waals surface area contributed by atoms with Crippen molar-refractivity contribution in [1.82, 2.24) is 14.5 Å². The highest BCUT2D eigenvalue weighted by molar-refractivity contribution is 6.24. The number of aromatic nitrogens is 2. The molecule has 5 heterocycles. The number of nitro groups is 1. The van der Waals surface area contributed by atoms with Crippen LogP contribution in [0.4, 0.5) is 11.4 Å². The molecule has 3 aromatic carbocycles. The van der Waals surface area contributed by atoms with Gasteiger partial charge in [0.25, 0.3) is 11.2 Å². The summed E-state index contributed by atoms with van der Waals surface area (Å²) in [7, 11) is 1.39. The van der Waals surface area contributed by atoms with Crippen LogP contribution in [-0.2, 0) is 15.1 Å². The van der Waals surface area contributed by atoms with Gasteiger partial charge in [-0.15, -0.1) is 0 Å². The van der Waals surface area contributed by atoms with Gasteiger partial charge in [-0.3, -0.25) is 34.0 Å². The highest BCUT2D eigenvalue weighted by atomic mass is 16.6. The fourth-order valence-electron chi connectivity index (χ4n) is 7.82. The van der Waals surface area contributed by atoms with Crippen LogP contribution in [0.3, 0.4) is 0 Å². The summed E-state index contributed by atoms with van der Waals surface area (Å²) in [5, 5.41) is 12.1. The van der Waals surface area contributed by atoms with Gasteiger partial charge in [-0.2, -0.15) is 0 Å². The summed E-state index contributed by atoms with van der Waals surface area (Å²) < 4.78 is 7.06. The van der Waals surface area contributed by atoms with E-state index in [1.54, 1.807) is 22.8 Å². The highest BCUT2D eigenvalue weighted by Crippen LogP contribution is 2.62. The lowest BCUT2D eigenvalue weighted by Crippen LogP contribution is -2.51. The Morgan fingerprint density at radius 1 is 1.00 bits per heavy atom. The van der Waals surface area contributed by atoms with Gasteiger partial charge in [-0.25, -0.2) is 9.88 Å². The normalized spacial score (nSPS) is 26.0. The zero-order valence-electron chi connectivity index (χ0n) is 21.9. The number of hydrogen-bond acceptors (Lipinski definition) is 8. The first-order valence-electron chi connectivity index (χ1n) is 13.5. The van der Waals surface area contributed by atoms with E-state index < -0.39 is 34.1 Å². The Hall–Kier alpha value is -4.90. The summed E-state index contributed by atoms with van der Waals surface area (Å²) in [6, 6.07) is 18.2. The van der Waals surface area contributed by atoms with Gasteiger partial charge in [0.15, 0.2) is 0 Å². The van der Waals surface area contributed by atoms with Crippen LogP contribution in [0.1, 0.15) is 24.2 Å². The van der Waals surface area contributed by atoms with Crippen molar-refractivity contribution >= 4 is 34.1 Å². The molecular weight excluding hydrogens is 526 g/mol. The summed E-state index contributed by atoms with van der Waals surface area (Å²) in [6.45, 7) is 0.634. The molecule has 0 bridgehead atoms. The number of rotatable bonds is 3. The number of carbonyl (C=O) groups excluding carboxylic acids is 2. The van der Waals surface area contributed by atoms with Crippen LogP contribution >= 0.6 is 0 Å². The molecule has 41 heavy (non-hydrogen) atoms. The molecule has 4 atom stereocenters. The number of benzene rings is 3. The third-order valence-electron chi connectivity index (χ3n) is 9.25. The van der Waals surface area contributed by atoms with Crippen LogP contribution < -0.4 is 15.2 Å². The van der Waals surface area contributed by atoms with Gasteiger partial charge in [0.2, 0.25) is 11.8 Å². The minimum absolute atomic E-state index is 0.0425. The van der Waals surface area contributed by atoms with Gasteiger partial charge in [0, 0.05) is 23.7 Å². The zero-order valence-corrected chi connectivity index (χ0v) is 21.9. The quantitative estimate of drug-likeness (QED) is 0.217. The third kappa shape index (κ3) is 2.76. The Balaban J connectivity index is 1.42. The molecule has 4 aliphatic heterocycles. The Labute approximate surface area is 232 Å². The van der Waals surface area contributed by atoms with Gasteiger partial charge in [0.1, 0.15) is 22.8 Å². The van der Waals surface area contributed by atoms with Gasteiger partial charge >= 0.3 is 0 Å². The fraction of sp³-hybridized carbons (Fsp3) is 0.267. The third-order valence-corrected chi connectivity index (χ3v) is 9.25. The summed E-state index contributed by atoms with van der Waals surface area (Å²) in [6.07, 6.45) is 1.51. The second-order valence-electron chi connectivity index (χ2n) is 10.9. The van der Waals surface area contributed by atoms with E-state index in [9.17, 15) is 24.5 Å². The largest absolute Gasteiger partial charge is 0.495 e. The number of para-hydroxylation sites is 2. The lowest BCUT2D eigenvalue weighted by Gasteiger charge is -2.38. The van der Waals surface area contributed by atoms with Crippen molar-refractivity contribution in [3.05, 3.63) is 98.6 Å². The fourth-order valence-corrected chi connectivity index (χ4v) is 7.82. The SMILES string of the molecule is COc1ccc([N+](=O)[O-])cc1N1C(=O)[C@H]2[C@@H](C1=O)[C@@]1(c3ccccc3-n3c1nc1ccccc1c3=O)N1CCC[C@@H]21. The lowest BCUT2D eigenvalue weighted by molar-refractivity contribution is -0.384. The monoisotopic (exact) mass is 549 g/mol. The van der Waals surface area contributed by atoms with E-state index in [0.29, 0.717) is 35.4 Å². The van der Waals surface area contributed by atoms with E-state index in [1.165, 1.54) is 25.3 Å². The van der Waals surface area contributed by atoms with Crippen LogP contribution in [0, 0.1) is 22.0 Å².